The Morgan fingerprint density at radius 2 is 1.90 bits per heavy atom. The van der Waals surface area contributed by atoms with Crippen LogP contribution < -0.4 is 5.32 Å². The Labute approximate surface area is 180 Å². The first-order chi connectivity index (χ1) is 14.5. The Morgan fingerprint density at radius 1 is 1.17 bits per heavy atom. The molecule has 1 saturated heterocycles. The SMILES string of the molecule is CC(c1nc2ccccc2s1)N(C)C(=O)C1CCCN(C(=O)Nc2ccccc2)C1. The van der Waals surface area contributed by atoms with Gasteiger partial charge >= 0.3 is 6.03 Å². The lowest BCUT2D eigenvalue weighted by Gasteiger charge is -2.35. The molecule has 1 N–H and O–H groups in total. The second-order valence-electron chi connectivity index (χ2n) is 7.73. The van der Waals surface area contributed by atoms with Crippen LogP contribution in [-0.4, -0.2) is 46.9 Å². The Hall–Kier alpha value is -2.93. The third-order valence-electron chi connectivity index (χ3n) is 5.68. The summed E-state index contributed by atoms with van der Waals surface area (Å²) in [7, 11) is 1.84. The van der Waals surface area contributed by atoms with Crippen molar-refractivity contribution < 1.29 is 9.59 Å². The average Bonchev–Trinajstić information content (AvgIpc) is 3.22. The van der Waals surface area contributed by atoms with Crippen LogP contribution in [0.4, 0.5) is 10.5 Å². The molecule has 156 valence electrons. The summed E-state index contributed by atoms with van der Waals surface area (Å²) >= 11 is 1.62. The number of rotatable bonds is 4. The topological polar surface area (TPSA) is 65.5 Å². The van der Waals surface area contributed by atoms with Crippen molar-refractivity contribution in [2.75, 3.05) is 25.5 Å². The minimum atomic E-state index is -0.192. The number of urea groups is 1. The number of carbonyl (C=O) groups is 2. The number of piperidine rings is 1. The lowest BCUT2D eigenvalue weighted by Crippen LogP contribution is -2.47. The number of aromatic nitrogens is 1. The van der Waals surface area contributed by atoms with E-state index in [2.05, 4.69) is 11.4 Å². The molecule has 1 aromatic heterocycles. The number of thiazole rings is 1. The zero-order valence-corrected chi connectivity index (χ0v) is 18.1. The summed E-state index contributed by atoms with van der Waals surface area (Å²) in [6, 6.07) is 17.2. The molecular weight excluding hydrogens is 396 g/mol. The molecule has 1 fully saturated rings. The first-order valence-corrected chi connectivity index (χ1v) is 11.1. The molecule has 3 aromatic rings. The van der Waals surface area contributed by atoms with E-state index < -0.39 is 0 Å². The normalized spacial score (nSPS) is 17.5. The van der Waals surface area contributed by atoms with Gasteiger partial charge in [0.05, 0.1) is 22.2 Å². The molecule has 7 heteroatoms. The van der Waals surface area contributed by atoms with Gasteiger partial charge in [0, 0.05) is 25.8 Å². The van der Waals surface area contributed by atoms with Crippen LogP contribution in [0, 0.1) is 5.92 Å². The molecule has 0 aliphatic carbocycles. The van der Waals surface area contributed by atoms with Gasteiger partial charge in [0.15, 0.2) is 0 Å². The van der Waals surface area contributed by atoms with Crippen molar-refractivity contribution in [1.82, 2.24) is 14.8 Å². The van der Waals surface area contributed by atoms with Crippen LogP contribution in [0.5, 0.6) is 0 Å². The fraction of sp³-hybridized carbons (Fsp3) is 0.348. The smallest absolute Gasteiger partial charge is 0.321 e. The van der Waals surface area contributed by atoms with Crippen molar-refractivity contribution in [2.45, 2.75) is 25.8 Å². The van der Waals surface area contributed by atoms with Gasteiger partial charge in [-0.05, 0) is 44.0 Å². The molecule has 2 heterocycles. The predicted octanol–water partition coefficient (Wildman–Crippen LogP) is 4.76. The third-order valence-corrected chi connectivity index (χ3v) is 6.89. The number of nitrogens with zero attached hydrogens (tertiary/aromatic N) is 3. The molecule has 0 bridgehead atoms. The fourth-order valence-corrected chi connectivity index (χ4v) is 4.86. The molecular formula is C23H26N4O2S. The fourth-order valence-electron chi connectivity index (χ4n) is 3.80. The second-order valence-corrected chi connectivity index (χ2v) is 8.79. The Balaban J connectivity index is 1.41. The Bertz CT molecular complexity index is 1000. The molecule has 2 aromatic carbocycles. The van der Waals surface area contributed by atoms with Crippen LogP contribution in [0.3, 0.4) is 0 Å². The first kappa shape index (κ1) is 20.3. The summed E-state index contributed by atoms with van der Waals surface area (Å²) in [4.78, 5) is 34.1. The molecule has 2 atom stereocenters. The number of nitrogens with one attached hydrogen (secondary N) is 1. The van der Waals surface area contributed by atoms with Gasteiger partial charge < -0.3 is 15.1 Å². The standard InChI is InChI=1S/C23H26N4O2S/c1-16(21-25-19-12-6-7-13-20(19)30-21)26(2)22(28)17-9-8-14-27(15-17)23(29)24-18-10-4-3-5-11-18/h3-7,10-13,16-17H,8-9,14-15H2,1-2H3,(H,24,29). The van der Waals surface area contributed by atoms with Gasteiger partial charge in [-0.25, -0.2) is 9.78 Å². The molecule has 0 spiro atoms. The van der Waals surface area contributed by atoms with Crippen molar-refractivity contribution in [1.29, 1.82) is 0 Å². The summed E-state index contributed by atoms with van der Waals surface area (Å²) < 4.78 is 1.13. The third kappa shape index (κ3) is 4.31. The monoisotopic (exact) mass is 422 g/mol. The maximum atomic E-state index is 13.2. The highest BCUT2D eigenvalue weighted by Crippen LogP contribution is 2.30. The van der Waals surface area contributed by atoms with Gasteiger partial charge in [-0.2, -0.15) is 0 Å². The van der Waals surface area contributed by atoms with Crippen molar-refractivity contribution in [3.05, 3.63) is 59.6 Å². The molecule has 30 heavy (non-hydrogen) atoms. The summed E-state index contributed by atoms with van der Waals surface area (Å²) in [6.07, 6.45) is 1.62. The van der Waals surface area contributed by atoms with Crippen LogP contribution in [0.1, 0.15) is 30.8 Å². The van der Waals surface area contributed by atoms with E-state index in [1.54, 1.807) is 21.1 Å². The number of carbonyl (C=O) groups excluding carboxylic acids is 2. The van der Waals surface area contributed by atoms with E-state index in [1.165, 1.54) is 0 Å². The van der Waals surface area contributed by atoms with Crippen LogP contribution in [0.15, 0.2) is 54.6 Å². The summed E-state index contributed by atoms with van der Waals surface area (Å²) in [5.74, 6) is -0.124. The van der Waals surface area contributed by atoms with Crippen molar-refractivity contribution in [3.8, 4) is 0 Å². The number of anilines is 1. The van der Waals surface area contributed by atoms with E-state index in [-0.39, 0.29) is 23.9 Å². The number of para-hydroxylation sites is 2. The number of fused-ring (bicyclic) bond motifs is 1. The second kappa shape index (κ2) is 8.83. The van der Waals surface area contributed by atoms with Crippen molar-refractivity contribution in [2.24, 2.45) is 5.92 Å². The summed E-state index contributed by atoms with van der Waals surface area (Å²) in [5, 5.41) is 3.85. The van der Waals surface area contributed by atoms with E-state index in [0.29, 0.717) is 13.1 Å². The highest BCUT2D eigenvalue weighted by Gasteiger charge is 2.32. The molecule has 0 radical (unpaired) electrons. The molecule has 4 rings (SSSR count). The highest BCUT2D eigenvalue weighted by atomic mass is 32.1. The van der Waals surface area contributed by atoms with E-state index >= 15 is 0 Å². The lowest BCUT2D eigenvalue weighted by molar-refractivity contribution is -0.137. The van der Waals surface area contributed by atoms with Crippen LogP contribution in [0.2, 0.25) is 0 Å². The summed E-state index contributed by atoms with van der Waals surface area (Å²) in [5.41, 5.74) is 1.73. The van der Waals surface area contributed by atoms with Gasteiger partial charge in [0.1, 0.15) is 5.01 Å². The Morgan fingerprint density at radius 3 is 2.67 bits per heavy atom. The maximum absolute atomic E-state index is 13.2. The molecule has 3 amide bonds. The quantitative estimate of drug-likeness (QED) is 0.659. The largest absolute Gasteiger partial charge is 0.336 e. The van der Waals surface area contributed by atoms with Gasteiger partial charge in [-0.3, -0.25) is 4.79 Å². The van der Waals surface area contributed by atoms with E-state index in [4.69, 9.17) is 4.98 Å². The van der Waals surface area contributed by atoms with Gasteiger partial charge in [0.25, 0.3) is 0 Å². The molecule has 1 aliphatic heterocycles. The zero-order valence-electron chi connectivity index (χ0n) is 17.2. The van der Waals surface area contributed by atoms with Crippen molar-refractivity contribution >= 4 is 39.2 Å². The zero-order chi connectivity index (χ0) is 21.1. The van der Waals surface area contributed by atoms with Crippen molar-refractivity contribution in [3.63, 3.8) is 0 Å². The van der Waals surface area contributed by atoms with Crippen LogP contribution in [0.25, 0.3) is 10.2 Å². The maximum Gasteiger partial charge on any atom is 0.321 e. The molecule has 2 unspecified atom stereocenters. The first-order valence-electron chi connectivity index (χ1n) is 10.3. The average molecular weight is 423 g/mol. The minimum absolute atomic E-state index is 0.0685. The highest BCUT2D eigenvalue weighted by molar-refractivity contribution is 7.18. The summed E-state index contributed by atoms with van der Waals surface area (Å²) in [6.45, 7) is 3.12. The Kier molecular flexibility index (Phi) is 5.99. The minimum Gasteiger partial charge on any atom is -0.336 e. The van der Waals surface area contributed by atoms with E-state index in [9.17, 15) is 9.59 Å². The van der Waals surface area contributed by atoms with Gasteiger partial charge in [-0.1, -0.05) is 30.3 Å². The van der Waals surface area contributed by atoms with E-state index in [1.807, 2.05) is 62.5 Å². The molecule has 6 nitrogen and oxygen atoms in total. The van der Waals surface area contributed by atoms with Crippen LogP contribution >= 0.6 is 11.3 Å². The van der Waals surface area contributed by atoms with E-state index in [0.717, 1.165) is 33.8 Å². The molecule has 1 aliphatic rings. The lowest BCUT2D eigenvalue weighted by atomic mass is 9.96. The number of hydrogen-bond donors (Lipinski definition) is 1. The number of hydrogen-bond acceptors (Lipinski definition) is 4. The van der Waals surface area contributed by atoms with Crippen LogP contribution in [-0.2, 0) is 4.79 Å². The number of benzene rings is 2. The predicted molar refractivity (Wildman–Crippen MR) is 121 cm³/mol. The van der Waals surface area contributed by atoms with Gasteiger partial charge in [0.2, 0.25) is 5.91 Å². The van der Waals surface area contributed by atoms with Gasteiger partial charge in [-0.15, -0.1) is 11.3 Å². The number of likely N-dealkylation sites (tertiary alicyclic amines) is 1. The molecule has 0 saturated carbocycles. The number of amides is 3.